The lowest BCUT2D eigenvalue weighted by molar-refractivity contribution is -0.127. The Balaban J connectivity index is 2.03. The molecular formula is C11H17N5OS. The van der Waals surface area contributed by atoms with E-state index in [1.807, 2.05) is 7.05 Å². The molecule has 1 aromatic rings. The van der Waals surface area contributed by atoms with Gasteiger partial charge in [0.05, 0.1) is 16.9 Å². The highest BCUT2D eigenvalue weighted by atomic mass is 32.1. The van der Waals surface area contributed by atoms with Crippen molar-refractivity contribution in [3.05, 3.63) is 12.2 Å². The molecule has 0 bridgehead atoms. The monoisotopic (exact) mass is 267 g/mol. The van der Waals surface area contributed by atoms with E-state index in [-0.39, 0.29) is 5.91 Å². The average molecular weight is 267 g/mol. The summed E-state index contributed by atoms with van der Waals surface area (Å²) in [7, 11) is 1.83. The van der Waals surface area contributed by atoms with Gasteiger partial charge >= 0.3 is 0 Å². The van der Waals surface area contributed by atoms with Gasteiger partial charge in [0.2, 0.25) is 5.91 Å². The van der Waals surface area contributed by atoms with Crippen LogP contribution in [0.4, 0.5) is 0 Å². The molecule has 1 aliphatic rings. The van der Waals surface area contributed by atoms with E-state index in [4.69, 9.17) is 18.0 Å². The molecule has 0 spiro atoms. The summed E-state index contributed by atoms with van der Waals surface area (Å²) >= 11 is 5.07. The molecule has 0 radical (unpaired) electrons. The van der Waals surface area contributed by atoms with Crippen molar-refractivity contribution in [3.63, 3.8) is 0 Å². The van der Waals surface area contributed by atoms with E-state index in [0.717, 1.165) is 25.7 Å². The van der Waals surface area contributed by atoms with Crippen molar-refractivity contribution < 1.29 is 4.79 Å². The predicted molar refractivity (Wildman–Crippen MR) is 70.5 cm³/mol. The van der Waals surface area contributed by atoms with Crippen LogP contribution in [0.5, 0.6) is 0 Å². The molecule has 0 aromatic carbocycles. The number of aryl methyl sites for hydroxylation is 1. The SMILES string of the molecule is Cn1cnnc1CNC(=O)C1(C(N)=S)CCCC1. The van der Waals surface area contributed by atoms with Crippen LogP contribution in [0.25, 0.3) is 0 Å². The molecule has 6 nitrogen and oxygen atoms in total. The van der Waals surface area contributed by atoms with Crippen LogP contribution >= 0.6 is 12.2 Å². The number of nitrogens with one attached hydrogen (secondary N) is 1. The lowest BCUT2D eigenvalue weighted by atomic mass is 9.85. The third-order valence-electron chi connectivity index (χ3n) is 3.58. The van der Waals surface area contributed by atoms with Gasteiger partial charge in [0.1, 0.15) is 6.33 Å². The number of hydrogen-bond donors (Lipinski definition) is 2. The molecule has 3 N–H and O–H groups in total. The number of nitrogens with zero attached hydrogens (tertiary/aromatic N) is 3. The molecule has 7 heteroatoms. The highest BCUT2D eigenvalue weighted by Gasteiger charge is 2.43. The van der Waals surface area contributed by atoms with Crippen LogP contribution in [0.3, 0.4) is 0 Å². The third-order valence-corrected chi connectivity index (χ3v) is 3.97. The molecule has 98 valence electrons. The van der Waals surface area contributed by atoms with Gasteiger partial charge in [-0.15, -0.1) is 10.2 Å². The molecule has 1 aliphatic carbocycles. The van der Waals surface area contributed by atoms with Crippen molar-refractivity contribution in [3.8, 4) is 0 Å². The minimum Gasteiger partial charge on any atom is -0.392 e. The van der Waals surface area contributed by atoms with Gasteiger partial charge < -0.3 is 15.6 Å². The van der Waals surface area contributed by atoms with Crippen LogP contribution in [0, 0.1) is 5.41 Å². The summed E-state index contributed by atoms with van der Waals surface area (Å²) in [6, 6.07) is 0. The highest BCUT2D eigenvalue weighted by Crippen LogP contribution is 2.38. The molecule has 1 aromatic heterocycles. The lowest BCUT2D eigenvalue weighted by Gasteiger charge is -2.26. The Labute approximate surface area is 111 Å². The predicted octanol–water partition coefficient (Wildman–Crippen LogP) is 0.278. The molecule has 1 saturated carbocycles. The number of thiocarbonyl (C=S) groups is 1. The quantitative estimate of drug-likeness (QED) is 0.765. The topological polar surface area (TPSA) is 85.8 Å². The van der Waals surface area contributed by atoms with Crippen LogP contribution in [0.1, 0.15) is 31.5 Å². The third kappa shape index (κ3) is 2.22. The maximum absolute atomic E-state index is 12.3. The summed E-state index contributed by atoms with van der Waals surface area (Å²) in [4.78, 5) is 12.6. The highest BCUT2D eigenvalue weighted by molar-refractivity contribution is 7.80. The lowest BCUT2D eigenvalue weighted by Crippen LogP contribution is -2.47. The molecule has 2 rings (SSSR count). The van der Waals surface area contributed by atoms with Gasteiger partial charge in [-0.05, 0) is 12.8 Å². The fourth-order valence-electron chi connectivity index (χ4n) is 2.36. The second kappa shape index (κ2) is 5.01. The standard InChI is InChI=1S/C11H17N5OS/c1-16-7-14-15-8(16)6-13-10(17)11(9(12)18)4-2-3-5-11/h7H,2-6H2,1H3,(H2,12,18)(H,13,17). The zero-order valence-electron chi connectivity index (χ0n) is 10.3. The normalized spacial score (nSPS) is 17.6. The molecule has 0 atom stereocenters. The van der Waals surface area contributed by atoms with Gasteiger partial charge in [-0.25, -0.2) is 0 Å². The summed E-state index contributed by atoms with van der Waals surface area (Å²) < 4.78 is 1.77. The maximum Gasteiger partial charge on any atom is 0.233 e. The maximum atomic E-state index is 12.3. The van der Waals surface area contributed by atoms with Crippen molar-refractivity contribution in [1.82, 2.24) is 20.1 Å². The minimum atomic E-state index is -0.659. The number of nitrogens with two attached hydrogens (primary N) is 1. The van der Waals surface area contributed by atoms with Crippen molar-refractivity contribution in [2.45, 2.75) is 32.2 Å². The van der Waals surface area contributed by atoms with E-state index in [1.165, 1.54) is 0 Å². The Hall–Kier alpha value is -1.50. The van der Waals surface area contributed by atoms with Crippen molar-refractivity contribution in [2.75, 3.05) is 0 Å². The van der Waals surface area contributed by atoms with E-state index in [1.54, 1.807) is 10.9 Å². The van der Waals surface area contributed by atoms with Gasteiger partial charge in [0.25, 0.3) is 0 Å². The molecule has 1 fully saturated rings. The smallest absolute Gasteiger partial charge is 0.233 e. The molecule has 1 amide bonds. The number of carbonyl (C=O) groups is 1. The van der Waals surface area contributed by atoms with Crippen molar-refractivity contribution in [2.24, 2.45) is 18.2 Å². The zero-order chi connectivity index (χ0) is 13.2. The van der Waals surface area contributed by atoms with Gasteiger partial charge in [0, 0.05) is 7.05 Å². The summed E-state index contributed by atoms with van der Waals surface area (Å²) in [5, 5.41) is 10.5. The first-order valence-corrected chi connectivity index (χ1v) is 6.38. The number of amides is 1. The van der Waals surface area contributed by atoms with Gasteiger partial charge in [-0.1, -0.05) is 25.1 Å². The average Bonchev–Trinajstić information content (AvgIpc) is 2.95. The molecular weight excluding hydrogens is 250 g/mol. The van der Waals surface area contributed by atoms with Crippen LogP contribution in [0.2, 0.25) is 0 Å². The number of aromatic nitrogens is 3. The molecule has 1 heterocycles. The van der Waals surface area contributed by atoms with Crippen molar-refractivity contribution >= 4 is 23.1 Å². The second-order valence-corrected chi connectivity index (χ2v) is 5.13. The van der Waals surface area contributed by atoms with Crippen LogP contribution < -0.4 is 11.1 Å². The Morgan fingerprint density at radius 3 is 2.78 bits per heavy atom. The first-order valence-electron chi connectivity index (χ1n) is 5.97. The Bertz CT molecular complexity index is 464. The number of carbonyl (C=O) groups excluding carboxylic acids is 1. The second-order valence-electron chi connectivity index (χ2n) is 4.69. The van der Waals surface area contributed by atoms with E-state index >= 15 is 0 Å². The van der Waals surface area contributed by atoms with Gasteiger partial charge in [0.15, 0.2) is 5.82 Å². The first kappa shape index (κ1) is 12.9. The molecule has 18 heavy (non-hydrogen) atoms. The summed E-state index contributed by atoms with van der Waals surface area (Å²) in [6.07, 6.45) is 5.07. The van der Waals surface area contributed by atoms with Crippen LogP contribution in [-0.4, -0.2) is 25.7 Å². The Morgan fingerprint density at radius 2 is 2.28 bits per heavy atom. The minimum absolute atomic E-state index is 0.0875. The van der Waals surface area contributed by atoms with E-state index in [2.05, 4.69) is 15.5 Å². The Kier molecular flexibility index (Phi) is 3.60. The first-order chi connectivity index (χ1) is 8.56. The molecule has 0 saturated heterocycles. The number of hydrogen-bond acceptors (Lipinski definition) is 4. The van der Waals surface area contributed by atoms with Crippen molar-refractivity contribution in [1.29, 1.82) is 0 Å². The zero-order valence-corrected chi connectivity index (χ0v) is 11.2. The van der Waals surface area contributed by atoms with E-state index < -0.39 is 5.41 Å². The fourth-order valence-corrected chi connectivity index (χ4v) is 2.66. The van der Waals surface area contributed by atoms with Crippen LogP contribution in [0.15, 0.2) is 6.33 Å². The Morgan fingerprint density at radius 1 is 1.61 bits per heavy atom. The van der Waals surface area contributed by atoms with E-state index in [0.29, 0.717) is 17.4 Å². The molecule has 0 aliphatic heterocycles. The summed E-state index contributed by atoms with van der Waals surface area (Å²) in [6.45, 7) is 0.347. The summed E-state index contributed by atoms with van der Waals surface area (Å²) in [5.74, 6) is 0.620. The van der Waals surface area contributed by atoms with Crippen LogP contribution in [-0.2, 0) is 18.4 Å². The largest absolute Gasteiger partial charge is 0.392 e. The summed E-state index contributed by atoms with van der Waals surface area (Å²) in [5.41, 5.74) is 5.09. The number of rotatable bonds is 4. The van der Waals surface area contributed by atoms with Gasteiger partial charge in [-0.3, -0.25) is 4.79 Å². The van der Waals surface area contributed by atoms with Gasteiger partial charge in [-0.2, -0.15) is 0 Å². The van der Waals surface area contributed by atoms with E-state index in [9.17, 15) is 4.79 Å². The fraction of sp³-hybridized carbons (Fsp3) is 0.636. The molecule has 0 unspecified atom stereocenters.